The summed E-state index contributed by atoms with van der Waals surface area (Å²) in [5.74, 6) is 3.56. The minimum Gasteiger partial charge on any atom is -0.493 e. The van der Waals surface area contributed by atoms with Crippen molar-refractivity contribution in [3.63, 3.8) is 0 Å². The molecule has 180 valence electrons. The maximum atomic E-state index is 5.47. The van der Waals surface area contributed by atoms with E-state index in [4.69, 9.17) is 28.9 Å². The highest BCUT2D eigenvalue weighted by molar-refractivity contribution is 5.88. The average Bonchev–Trinajstić information content (AvgIpc) is 3.49. The SMILES string of the molecule is COCCc1nc(Nc2cn(-c3cc(OC)c(OC)c(OC)c3)cn2)c2cnn(C(C)C)c2n1. The molecule has 0 bridgehead atoms. The summed E-state index contributed by atoms with van der Waals surface area (Å²) in [6.07, 6.45) is 5.92. The van der Waals surface area contributed by atoms with Crippen LogP contribution in [0, 0.1) is 0 Å². The van der Waals surface area contributed by atoms with Gasteiger partial charge in [0.15, 0.2) is 17.1 Å². The van der Waals surface area contributed by atoms with Crippen molar-refractivity contribution >= 4 is 22.7 Å². The van der Waals surface area contributed by atoms with E-state index in [2.05, 4.69) is 29.2 Å². The Morgan fingerprint density at radius 3 is 2.35 bits per heavy atom. The van der Waals surface area contributed by atoms with E-state index in [0.29, 0.717) is 47.7 Å². The lowest BCUT2D eigenvalue weighted by molar-refractivity contribution is 0.200. The largest absolute Gasteiger partial charge is 0.493 e. The molecule has 0 fully saturated rings. The normalized spacial score (nSPS) is 11.3. The predicted octanol–water partition coefficient (Wildman–Crippen LogP) is 3.55. The minimum absolute atomic E-state index is 0.162. The van der Waals surface area contributed by atoms with Crippen molar-refractivity contribution in [1.29, 1.82) is 0 Å². The number of fused-ring (bicyclic) bond motifs is 1. The number of rotatable bonds is 10. The molecule has 0 unspecified atom stereocenters. The summed E-state index contributed by atoms with van der Waals surface area (Å²) >= 11 is 0. The monoisotopic (exact) mass is 467 g/mol. The van der Waals surface area contributed by atoms with Crippen molar-refractivity contribution < 1.29 is 18.9 Å². The molecule has 0 saturated carbocycles. The topological polar surface area (TPSA) is 110 Å². The summed E-state index contributed by atoms with van der Waals surface area (Å²) in [6.45, 7) is 4.65. The van der Waals surface area contributed by atoms with Gasteiger partial charge < -0.3 is 28.8 Å². The molecule has 0 aliphatic carbocycles. The zero-order valence-corrected chi connectivity index (χ0v) is 20.2. The maximum Gasteiger partial charge on any atom is 0.203 e. The van der Waals surface area contributed by atoms with E-state index >= 15 is 0 Å². The molecule has 11 nitrogen and oxygen atoms in total. The van der Waals surface area contributed by atoms with Gasteiger partial charge in [-0.25, -0.2) is 19.6 Å². The summed E-state index contributed by atoms with van der Waals surface area (Å²) in [4.78, 5) is 13.9. The summed E-state index contributed by atoms with van der Waals surface area (Å²) < 4.78 is 25.3. The van der Waals surface area contributed by atoms with Gasteiger partial charge in [0.2, 0.25) is 5.75 Å². The molecule has 1 aromatic carbocycles. The Balaban J connectivity index is 1.70. The second-order valence-electron chi connectivity index (χ2n) is 7.83. The molecule has 1 N–H and O–H groups in total. The van der Waals surface area contributed by atoms with Crippen LogP contribution in [0.25, 0.3) is 16.7 Å². The first-order valence-electron chi connectivity index (χ1n) is 10.8. The van der Waals surface area contributed by atoms with Crippen LogP contribution in [0.5, 0.6) is 17.2 Å². The van der Waals surface area contributed by atoms with E-state index in [1.54, 1.807) is 41.0 Å². The zero-order chi connectivity index (χ0) is 24.2. The lowest BCUT2D eigenvalue weighted by atomic mass is 10.2. The van der Waals surface area contributed by atoms with Gasteiger partial charge in [0.1, 0.15) is 23.8 Å². The second kappa shape index (κ2) is 9.96. The third-order valence-electron chi connectivity index (χ3n) is 5.30. The Hall–Kier alpha value is -3.86. The number of nitrogens with zero attached hydrogens (tertiary/aromatic N) is 6. The van der Waals surface area contributed by atoms with Gasteiger partial charge in [-0.1, -0.05) is 0 Å². The molecule has 4 rings (SSSR count). The standard InChI is InChI=1S/C23H29N7O4/c1-14(2)30-23-16(11-25-30)22(26-19(28-23)7-8-31-3)27-20-12-29(13-24-20)15-9-17(32-4)21(34-6)18(10-15)33-5/h9-14H,7-8H2,1-6H3,(H,26,27,28). The zero-order valence-electron chi connectivity index (χ0n) is 20.2. The summed E-state index contributed by atoms with van der Waals surface area (Å²) in [5.41, 5.74) is 1.57. The Bertz CT molecular complexity index is 1260. The Morgan fingerprint density at radius 2 is 1.74 bits per heavy atom. The van der Waals surface area contributed by atoms with Crippen molar-refractivity contribution in [2.75, 3.05) is 40.4 Å². The molecule has 0 atom stereocenters. The quantitative estimate of drug-likeness (QED) is 0.374. The highest BCUT2D eigenvalue weighted by Gasteiger charge is 2.17. The van der Waals surface area contributed by atoms with E-state index in [1.807, 2.05) is 27.6 Å². The van der Waals surface area contributed by atoms with Crippen LogP contribution in [0.4, 0.5) is 11.6 Å². The highest BCUT2D eigenvalue weighted by Crippen LogP contribution is 2.39. The van der Waals surface area contributed by atoms with Crippen LogP contribution < -0.4 is 19.5 Å². The molecular formula is C23H29N7O4. The molecule has 3 aromatic heterocycles. The van der Waals surface area contributed by atoms with E-state index in [-0.39, 0.29) is 6.04 Å². The lowest BCUT2D eigenvalue weighted by Crippen LogP contribution is -2.08. The summed E-state index contributed by atoms with van der Waals surface area (Å²) in [5, 5.41) is 8.64. The van der Waals surface area contributed by atoms with E-state index in [1.165, 1.54) is 0 Å². The first-order chi connectivity index (χ1) is 16.5. The third kappa shape index (κ3) is 4.46. The van der Waals surface area contributed by atoms with Gasteiger partial charge in [-0.2, -0.15) is 5.10 Å². The van der Waals surface area contributed by atoms with Crippen molar-refractivity contribution in [2.24, 2.45) is 0 Å². The highest BCUT2D eigenvalue weighted by atomic mass is 16.5. The van der Waals surface area contributed by atoms with Crippen LogP contribution in [-0.2, 0) is 11.2 Å². The Morgan fingerprint density at radius 1 is 1.00 bits per heavy atom. The van der Waals surface area contributed by atoms with E-state index in [9.17, 15) is 0 Å². The third-order valence-corrected chi connectivity index (χ3v) is 5.30. The van der Waals surface area contributed by atoms with Crippen molar-refractivity contribution in [1.82, 2.24) is 29.3 Å². The Labute approximate surface area is 197 Å². The van der Waals surface area contributed by atoms with Crippen LogP contribution in [0.3, 0.4) is 0 Å². The summed E-state index contributed by atoms with van der Waals surface area (Å²) in [6, 6.07) is 3.87. The van der Waals surface area contributed by atoms with Gasteiger partial charge in [0, 0.05) is 31.7 Å². The Kier molecular flexibility index (Phi) is 6.82. The van der Waals surface area contributed by atoms with Crippen molar-refractivity contribution in [2.45, 2.75) is 26.3 Å². The molecule has 34 heavy (non-hydrogen) atoms. The average molecular weight is 468 g/mol. The smallest absolute Gasteiger partial charge is 0.203 e. The van der Waals surface area contributed by atoms with E-state index < -0.39 is 0 Å². The van der Waals surface area contributed by atoms with Crippen LogP contribution in [0.1, 0.15) is 25.7 Å². The van der Waals surface area contributed by atoms with Gasteiger partial charge in [0.05, 0.1) is 51.4 Å². The fraction of sp³-hybridized carbons (Fsp3) is 0.391. The van der Waals surface area contributed by atoms with Crippen molar-refractivity contribution in [3.05, 3.63) is 36.7 Å². The minimum atomic E-state index is 0.162. The number of benzene rings is 1. The van der Waals surface area contributed by atoms with Gasteiger partial charge >= 0.3 is 0 Å². The molecule has 11 heteroatoms. The first kappa shape index (κ1) is 23.3. The van der Waals surface area contributed by atoms with Crippen LogP contribution >= 0.6 is 0 Å². The maximum absolute atomic E-state index is 5.47. The second-order valence-corrected chi connectivity index (χ2v) is 7.83. The number of anilines is 2. The van der Waals surface area contributed by atoms with Gasteiger partial charge in [-0.15, -0.1) is 0 Å². The number of hydrogen-bond donors (Lipinski definition) is 1. The fourth-order valence-electron chi connectivity index (χ4n) is 3.62. The van der Waals surface area contributed by atoms with Gasteiger partial charge in [0.25, 0.3) is 0 Å². The molecule has 3 heterocycles. The number of nitrogens with one attached hydrogen (secondary N) is 1. The number of ether oxygens (including phenoxy) is 4. The molecule has 0 aliphatic heterocycles. The number of imidazole rings is 1. The summed E-state index contributed by atoms with van der Waals surface area (Å²) in [7, 11) is 6.40. The predicted molar refractivity (Wildman–Crippen MR) is 128 cm³/mol. The van der Waals surface area contributed by atoms with Crippen LogP contribution in [0.15, 0.2) is 30.9 Å². The number of aromatic nitrogens is 6. The molecule has 0 radical (unpaired) electrons. The van der Waals surface area contributed by atoms with Gasteiger partial charge in [-0.3, -0.25) is 0 Å². The van der Waals surface area contributed by atoms with E-state index in [0.717, 1.165) is 16.7 Å². The van der Waals surface area contributed by atoms with Crippen LogP contribution in [-0.4, -0.2) is 64.3 Å². The molecular weight excluding hydrogens is 438 g/mol. The number of hydrogen-bond acceptors (Lipinski definition) is 9. The van der Waals surface area contributed by atoms with Crippen molar-refractivity contribution in [3.8, 4) is 22.9 Å². The molecule has 0 spiro atoms. The van der Waals surface area contributed by atoms with Gasteiger partial charge in [-0.05, 0) is 13.8 Å². The molecule has 0 saturated heterocycles. The van der Waals surface area contributed by atoms with Crippen LogP contribution in [0.2, 0.25) is 0 Å². The molecule has 0 amide bonds. The molecule has 4 aromatic rings. The molecule has 0 aliphatic rings. The fourth-order valence-corrected chi connectivity index (χ4v) is 3.62. The first-order valence-corrected chi connectivity index (χ1v) is 10.8. The number of methoxy groups -OCH3 is 4. The lowest BCUT2D eigenvalue weighted by Gasteiger charge is -2.14.